The minimum Gasteiger partial charge on any atom is -0.496 e. The lowest BCUT2D eigenvalue weighted by molar-refractivity contribution is -0.142. The molecule has 0 aliphatic carbocycles. The molecule has 0 atom stereocenters. The molecule has 0 saturated carbocycles. The maximum atomic E-state index is 12.7. The molecule has 0 radical (unpaired) electrons. The lowest BCUT2D eigenvalue weighted by Gasteiger charge is -2.11. The van der Waals surface area contributed by atoms with E-state index in [-0.39, 0.29) is 12.5 Å². The quantitative estimate of drug-likeness (QED) is 0.440. The molecule has 0 heterocycles. The van der Waals surface area contributed by atoms with E-state index in [1.807, 2.05) is 68.4 Å². The molecule has 1 amide bonds. The number of carbonyl (C=O) groups excluding carboxylic acids is 2. The summed E-state index contributed by atoms with van der Waals surface area (Å²) >= 11 is 0. The van der Waals surface area contributed by atoms with Crippen molar-refractivity contribution >= 4 is 23.5 Å². The third-order valence-electron chi connectivity index (χ3n) is 3.79. The number of esters is 1. The number of rotatable bonds is 8. The predicted octanol–water partition coefficient (Wildman–Crippen LogP) is 3.55. The Morgan fingerprint density at radius 2 is 1.70 bits per heavy atom. The molecule has 0 spiro atoms. The molecule has 2 rings (SSSR count). The van der Waals surface area contributed by atoms with Crippen LogP contribution in [0.1, 0.15) is 25.0 Å². The average Bonchev–Trinajstić information content (AvgIpc) is 2.69. The van der Waals surface area contributed by atoms with Gasteiger partial charge < -0.3 is 14.8 Å². The van der Waals surface area contributed by atoms with Gasteiger partial charge in [0.2, 0.25) is 0 Å². The molecular weight excluding hydrogens is 342 g/mol. The summed E-state index contributed by atoms with van der Waals surface area (Å²) in [7, 11) is 1.58. The standard InChI is InChI=1S/C22H25NO4/c1-16(2)14-23-21(24)15-27-22(25)19(17-9-5-4-6-10-17)13-18-11-7-8-12-20(18)26-3/h4-13,16H,14-15H2,1-3H3,(H,23,24)/b19-13+. The molecule has 0 aliphatic rings. The van der Waals surface area contributed by atoms with Crippen molar-refractivity contribution in [2.24, 2.45) is 5.92 Å². The van der Waals surface area contributed by atoms with Gasteiger partial charge in [-0.05, 0) is 23.6 Å². The Kier molecular flexibility index (Phi) is 7.62. The fourth-order valence-corrected chi connectivity index (χ4v) is 2.40. The van der Waals surface area contributed by atoms with Crippen LogP contribution >= 0.6 is 0 Å². The van der Waals surface area contributed by atoms with Crippen molar-refractivity contribution in [3.05, 3.63) is 65.7 Å². The summed E-state index contributed by atoms with van der Waals surface area (Å²) in [6.07, 6.45) is 1.71. The number of carbonyl (C=O) groups is 2. The van der Waals surface area contributed by atoms with Crippen LogP contribution < -0.4 is 10.1 Å². The molecule has 0 aliphatic heterocycles. The summed E-state index contributed by atoms with van der Waals surface area (Å²) in [4.78, 5) is 24.5. The lowest BCUT2D eigenvalue weighted by Crippen LogP contribution is -2.31. The molecular formula is C22H25NO4. The molecule has 1 N–H and O–H groups in total. The molecule has 0 fully saturated rings. The minimum absolute atomic E-state index is 0.318. The number of amides is 1. The Hall–Kier alpha value is -3.08. The monoisotopic (exact) mass is 367 g/mol. The Labute approximate surface area is 160 Å². The number of hydrogen-bond acceptors (Lipinski definition) is 4. The van der Waals surface area contributed by atoms with E-state index < -0.39 is 5.97 Å². The summed E-state index contributed by atoms with van der Waals surface area (Å²) in [5, 5.41) is 2.73. The summed E-state index contributed by atoms with van der Waals surface area (Å²) in [6.45, 7) is 4.21. The van der Waals surface area contributed by atoms with E-state index in [1.165, 1.54) is 0 Å². The van der Waals surface area contributed by atoms with Crippen LogP contribution in [0.5, 0.6) is 5.75 Å². The van der Waals surface area contributed by atoms with Gasteiger partial charge in [0.1, 0.15) is 5.75 Å². The van der Waals surface area contributed by atoms with Crippen LogP contribution in [0.2, 0.25) is 0 Å². The van der Waals surface area contributed by atoms with Gasteiger partial charge in [-0.1, -0.05) is 62.4 Å². The summed E-state index contributed by atoms with van der Waals surface area (Å²) in [5.41, 5.74) is 1.81. The lowest BCUT2D eigenvalue weighted by atomic mass is 10.0. The first-order valence-electron chi connectivity index (χ1n) is 8.85. The van der Waals surface area contributed by atoms with Crippen molar-refractivity contribution in [3.63, 3.8) is 0 Å². The maximum absolute atomic E-state index is 12.7. The van der Waals surface area contributed by atoms with Gasteiger partial charge >= 0.3 is 5.97 Å². The minimum atomic E-state index is -0.563. The van der Waals surface area contributed by atoms with E-state index >= 15 is 0 Å². The Bertz CT molecular complexity index is 797. The highest BCUT2D eigenvalue weighted by Gasteiger charge is 2.16. The second-order valence-electron chi connectivity index (χ2n) is 6.44. The van der Waals surface area contributed by atoms with Gasteiger partial charge in [0.25, 0.3) is 5.91 Å². The Balaban J connectivity index is 2.22. The molecule has 27 heavy (non-hydrogen) atoms. The zero-order valence-electron chi connectivity index (χ0n) is 15.9. The van der Waals surface area contributed by atoms with Crippen molar-refractivity contribution in [3.8, 4) is 5.75 Å². The van der Waals surface area contributed by atoms with E-state index in [9.17, 15) is 9.59 Å². The molecule has 2 aromatic rings. The third-order valence-corrected chi connectivity index (χ3v) is 3.79. The summed E-state index contributed by atoms with van der Waals surface area (Å²) < 4.78 is 10.6. The third kappa shape index (κ3) is 6.29. The zero-order chi connectivity index (χ0) is 19.6. The molecule has 0 unspecified atom stereocenters. The summed E-state index contributed by atoms with van der Waals surface area (Å²) in [6, 6.07) is 16.6. The van der Waals surface area contributed by atoms with Crippen LogP contribution in [-0.2, 0) is 14.3 Å². The van der Waals surface area contributed by atoms with E-state index in [0.29, 0.717) is 29.3 Å². The van der Waals surface area contributed by atoms with Gasteiger partial charge in [0.05, 0.1) is 12.7 Å². The number of para-hydroxylation sites is 1. The number of methoxy groups -OCH3 is 1. The van der Waals surface area contributed by atoms with Crippen LogP contribution in [0.25, 0.3) is 11.6 Å². The van der Waals surface area contributed by atoms with E-state index in [2.05, 4.69) is 5.32 Å². The van der Waals surface area contributed by atoms with Crippen LogP contribution in [-0.4, -0.2) is 32.1 Å². The number of hydrogen-bond donors (Lipinski definition) is 1. The molecule has 5 nitrogen and oxygen atoms in total. The van der Waals surface area contributed by atoms with Crippen LogP contribution in [0.4, 0.5) is 0 Å². The first kappa shape index (κ1) is 20.2. The van der Waals surface area contributed by atoms with E-state index in [4.69, 9.17) is 9.47 Å². The second-order valence-corrected chi connectivity index (χ2v) is 6.44. The van der Waals surface area contributed by atoms with Gasteiger partial charge in [0.15, 0.2) is 6.61 Å². The van der Waals surface area contributed by atoms with Gasteiger partial charge in [-0.15, -0.1) is 0 Å². The van der Waals surface area contributed by atoms with E-state index in [0.717, 1.165) is 5.56 Å². The smallest absolute Gasteiger partial charge is 0.339 e. The number of nitrogens with one attached hydrogen (secondary N) is 1. The molecule has 5 heteroatoms. The maximum Gasteiger partial charge on any atom is 0.339 e. The van der Waals surface area contributed by atoms with Crippen LogP contribution in [0, 0.1) is 5.92 Å². The van der Waals surface area contributed by atoms with Gasteiger partial charge in [-0.3, -0.25) is 4.79 Å². The zero-order valence-corrected chi connectivity index (χ0v) is 15.9. The van der Waals surface area contributed by atoms with Gasteiger partial charge in [0, 0.05) is 12.1 Å². The first-order chi connectivity index (χ1) is 13.0. The normalized spacial score (nSPS) is 11.2. The van der Waals surface area contributed by atoms with Crippen molar-refractivity contribution in [2.75, 3.05) is 20.3 Å². The first-order valence-corrected chi connectivity index (χ1v) is 8.85. The van der Waals surface area contributed by atoms with Crippen molar-refractivity contribution in [1.29, 1.82) is 0 Å². The van der Waals surface area contributed by atoms with Crippen molar-refractivity contribution < 1.29 is 19.1 Å². The van der Waals surface area contributed by atoms with Crippen LogP contribution in [0.15, 0.2) is 54.6 Å². The van der Waals surface area contributed by atoms with Crippen molar-refractivity contribution in [1.82, 2.24) is 5.32 Å². The molecule has 142 valence electrons. The predicted molar refractivity (Wildman–Crippen MR) is 106 cm³/mol. The Morgan fingerprint density at radius 3 is 2.37 bits per heavy atom. The largest absolute Gasteiger partial charge is 0.496 e. The molecule has 0 bridgehead atoms. The highest BCUT2D eigenvalue weighted by atomic mass is 16.5. The molecule has 0 saturated heterocycles. The van der Waals surface area contributed by atoms with Crippen molar-refractivity contribution in [2.45, 2.75) is 13.8 Å². The van der Waals surface area contributed by atoms with Gasteiger partial charge in [-0.2, -0.15) is 0 Å². The Morgan fingerprint density at radius 1 is 1.04 bits per heavy atom. The number of benzene rings is 2. The average molecular weight is 367 g/mol. The highest BCUT2D eigenvalue weighted by Crippen LogP contribution is 2.25. The van der Waals surface area contributed by atoms with E-state index in [1.54, 1.807) is 13.2 Å². The summed E-state index contributed by atoms with van der Waals surface area (Å²) in [5.74, 6) is 0.0944. The molecule has 2 aromatic carbocycles. The number of ether oxygens (including phenoxy) is 2. The van der Waals surface area contributed by atoms with Gasteiger partial charge in [-0.25, -0.2) is 4.79 Å². The highest BCUT2D eigenvalue weighted by molar-refractivity contribution is 6.22. The fraction of sp³-hybridized carbons (Fsp3) is 0.273. The van der Waals surface area contributed by atoms with Crippen LogP contribution in [0.3, 0.4) is 0 Å². The second kappa shape index (κ2) is 10.2. The topological polar surface area (TPSA) is 64.6 Å². The molecule has 0 aromatic heterocycles. The fourth-order valence-electron chi connectivity index (χ4n) is 2.40. The SMILES string of the molecule is COc1ccccc1/C=C(/C(=O)OCC(=O)NCC(C)C)c1ccccc1.